The Hall–Kier alpha value is -1.88. The number of imidazole rings is 1. The van der Waals surface area contributed by atoms with E-state index < -0.39 is 5.97 Å². The summed E-state index contributed by atoms with van der Waals surface area (Å²) in [5.41, 5.74) is 2.18. The normalized spacial score (nSPS) is 10.8. The standard InChI is InChI=1S/C12H15N3O2/c1-8-5-4-6-15-9(7-13-2)14-10(11(8)15)12(16)17-3/h4-6,13H,7H2,1-3H3. The van der Waals surface area contributed by atoms with Crippen LogP contribution in [0.5, 0.6) is 0 Å². The maximum Gasteiger partial charge on any atom is 0.358 e. The second-order valence-electron chi connectivity index (χ2n) is 3.81. The van der Waals surface area contributed by atoms with Crippen molar-refractivity contribution in [1.82, 2.24) is 14.7 Å². The van der Waals surface area contributed by atoms with E-state index in [9.17, 15) is 4.79 Å². The Morgan fingerprint density at radius 3 is 3.00 bits per heavy atom. The maximum absolute atomic E-state index is 11.7. The molecule has 5 nitrogen and oxygen atoms in total. The van der Waals surface area contributed by atoms with Crippen LogP contribution in [0, 0.1) is 6.92 Å². The van der Waals surface area contributed by atoms with E-state index in [-0.39, 0.29) is 0 Å². The predicted molar refractivity (Wildman–Crippen MR) is 64.0 cm³/mol. The lowest BCUT2D eigenvalue weighted by molar-refractivity contribution is 0.0596. The molecule has 0 bridgehead atoms. The lowest BCUT2D eigenvalue weighted by Gasteiger charge is -2.02. The van der Waals surface area contributed by atoms with Crippen molar-refractivity contribution in [3.8, 4) is 0 Å². The first-order valence-electron chi connectivity index (χ1n) is 5.38. The summed E-state index contributed by atoms with van der Waals surface area (Å²) >= 11 is 0. The summed E-state index contributed by atoms with van der Waals surface area (Å²) in [7, 11) is 3.21. The summed E-state index contributed by atoms with van der Waals surface area (Å²) < 4.78 is 6.67. The number of hydrogen-bond acceptors (Lipinski definition) is 4. The van der Waals surface area contributed by atoms with Gasteiger partial charge in [-0.3, -0.25) is 0 Å². The second kappa shape index (κ2) is 4.55. The molecule has 0 saturated heterocycles. The van der Waals surface area contributed by atoms with Gasteiger partial charge in [-0.05, 0) is 25.6 Å². The number of carbonyl (C=O) groups excluding carboxylic acids is 1. The van der Waals surface area contributed by atoms with Gasteiger partial charge in [-0.1, -0.05) is 6.07 Å². The first-order chi connectivity index (χ1) is 8.19. The van der Waals surface area contributed by atoms with E-state index in [1.54, 1.807) is 0 Å². The third-order valence-corrected chi connectivity index (χ3v) is 2.65. The van der Waals surface area contributed by atoms with Crippen molar-refractivity contribution in [1.29, 1.82) is 0 Å². The summed E-state index contributed by atoms with van der Waals surface area (Å²) in [5, 5.41) is 3.03. The second-order valence-corrected chi connectivity index (χ2v) is 3.81. The highest BCUT2D eigenvalue weighted by atomic mass is 16.5. The molecule has 0 aromatic carbocycles. The maximum atomic E-state index is 11.7. The third kappa shape index (κ3) is 1.89. The summed E-state index contributed by atoms with van der Waals surface area (Å²) in [6.45, 7) is 2.55. The molecule has 2 aromatic heterocycles. The number of esters is 1. The van der Waals surface area contributed by atoms with Crippen LogP contribution >= 0.6 is 0 Å². The van der Waals surface area contributed by atoms with Gasteiger partial charge in [-0.25, -0.2) is 9.78 Å². The van der Waals surface area contributed by atoms with E-state index in [1.165, 1.54) is 7.11 Å². The molecule has 0 fully saturated rings. The molecule has 0 amide bonds. The highest BCUT2D eigenvalue weighted by Gasteiger charge is 2.18. The largest absolute Gasteiger partial charge is 0.464 e. The average Bonchev–Trinajstić information content (AvgIpc) is 2.69. The number of nitrogens with zero attached hydrogens (tertiary/aromatic N) is 2. The van der Waals surface area contributed by atoms with Gasteiger partial charge in [0.1, 0.15) is 5.82 Å². The van der Waals surface area contributed by atoms with Gasteiger partial charge in [-0.2, -0.15) is 0 Å². The summed E-state index contributed by atoms with van der Waals surface area (Å²) in [4.78, 5) is 16.0. The molecule has 1 N–H and O–H groups in total. The van der Waals surface area contributed by atoms with Crippen molar-refractivity contribution in [2.45, 2.75) is 13.5 Å². The fourth-order valence-electron chi connectivity index (χ4n) is 1.89. The van der Waals surface area contributed by atoms with E-state index in [2.05, 4.69) is 10.3 Å². The lowest BCUT2D eigenvalue weighted by atomic mass is 10.2. The van der Waals surface area contributed by atoms with Crippen molar-refractivity contribution in [2.24, 2.45) is 0 Å². The van der Waals surface area contributed by atoms with E-state index >= 15 is 0 Å². The lowest BCUT2D eigenvalue weighted by Crippen LogP contribution is -2.09. The molecule has 0 unspecified atom stereocenters. The van der Waals surface area contributed by atoms with E-state index in [4.69, 9.17) is 4.74 Å². The van der Waals surface area contributed by atoms with Gasteiger partial charge in [0, 0.05) is 6.20 Å². The molecule has 5 heteroatoms. The topological polar surface area (TPSA) is 55.6 Å². The molecule has 0 atom stereocenters. The smallest absolute Gasteiger partial charge is 0.358 e. The van der Waals surface area contributed by atoms with Crippen LogP contribution in [0.2, 0.25) is 0 Å². The van der Waals surface area contributed by atoms with Crippen molar-refractivity contribution in [2.75, 3.05) is 14.2 Å². The minimum atomic E-state index is -0.404. The molecule has 2 heterocycles. The Labute approximate surface area is 99.4 Å². The first kappa shape index (κ1) is 11.6. The van der Waals surface area contributed by atoms with Gasteiger partial charge in [0.25, 0.3) is 0 Å². The number of aryl methyl sites for hydroxylation is 1. The van der Waals surface area contributed by atoms with Crippen LogP contribution in [-0.2, 0) is 11.3 Å². The Morgan fingerprint density at radius 2 is 2.35 bits per heavy atom. The predicted octanol–water partition coefficient (Wildman–Crippen LogP) is 1.15. The van der Waals surface area contributed by atoms with Crippen molar-refractivity contribution < 1.29 is 9.53 Å². The van der Waals surface area contributed by atoms with Gasteiger partial charge in [0.15, 0.2) is 5.69 Å². The zero-order valence-electron chi connectivity index (χ0n) is 10.2. The van der Waals surface area contributed by atoms with Crippen LogP contribution in [-0.4, -0.2) is 29.5 Å². The summed E-state index contributed by atoms with van der Waals surface area (Å²) in [5.74, 6) is 0.394. The number of carbonyl (C=O) groups is 1. The number of ether oxygens (including phenoxy) is 1. The van der Waals surface area contributed by atoms with Crippen LogP contribution < -0.4 is 5.32 Å². The number of nitrogens with one attached hydrogen (secondary N) is 1. The molecule has 2 rings (SSSR count). The monoisotopic (exact) mass is 233 g/mol. The van der Waals surface area contributed by atoms with Gasteiger partial charge in [0.05, 0.1) is 19.2 Å². The molecule has 0 radical (unpaired) electrons. The number of methoxy groups -OCH3 is 1. The van der Waals surface area contributed by atoms with Crippen LogP contribution in [0.25, 0.3) is 5.52 Å². The van der Waals surface area contributed by atoms with E-state index in [0.29, 0.717) is 12.2 Å². The van der Waals surface area contributed by atoms with Crippen LogP contribution in [0.3, 0.4) is 0 Å². The van der Waals surface area contributed by atoms with Crippen molar-refractivity contribution in [3.05, 3.63) is 35.4 Å². The Bertz CT molecular complexity index is 560. The van der Waals surface area contributed by atoms with Gasteiger partial charge in [0.2, 0.25) is 0 Å². The molecule has 0 aliphatic carbocycles. The molecular formula is C12H15N3O2. The van der Waals surface area contributed by atoms with Gasteiger partial charge in [-0.15, -0.1) is 0 Å². The van der Waals surface area contributed by atoms with E-state index in [1.807, 2.05) is 36.7 Å². The zero-order chi connectivity index (χ0) is 12.4. The summed E-state index contributed by atoms with van der Waals surface area (Å²) in [6.07, 6.45) is 1.90. The highest BCUT2D eigenvalue weighted by Crippen LogP contribution is 2.18. The highest BCUT2D eigenvalue weighted by molar-refractivity contribution is 5.96. The molecule has 0 aliphatic rings. The Kier molecular flexibility index (Phi) is 3.10. The third-order valence-electron chi connectivity index (χ3n) is 2.65. The Morgan fingerprint density at radius 1 is 1.59 bits per heavy atom. The number of rotatable bonds is 3. The fourth-order valence-corrected chi connectivity index (χ4v) is 1.89. The minimum Gasteiger partial charge on any atom is -0.464 e. The molecule has 0 spiro atoms. The number of aromatic nitrogens is 2. The first-order valence-corrected chi connectivity index (χ1v) is 5.38. The van der Waals surface area contributed by atoms with Crippen molar-refractivity contribution in [3.63, 3.8) is 0 Å². The number of hydrogen-bond donors (Lipinski definition) is 1. The molecule has 90 valence electrons. The molecular weight excluding hydrogens is 218 g/mol. The quantitative estimate of drug-likeness (QED) is 0.808. The van der Waals surface area contributed by atoms with Crippen LogP contribution in [0.15, 0.2) is 18.3 Å². The minimum absolute atomic E-state index is 0.371. The Balaban J connectivity index is 2.71. The number of fused-ring (bicyclic) bond motifs is 1. The van der Waals surface area contributed by atoms with Gasteiger partial charge >= 0.3 is 5.97 Å². The van der Waals surface area contributed by atoms with Crippen LogP contribution in [0.4, 0.5) is 0 Å². The molecule has 0 saturated carbocycles. The van der Waals surface area contributed by atoms with E-state index in [0.717, 1.165) is 16.9 Å². The van der Waals surface area contributed by atoms with Gasteiger partial charge < -0.3 is 14.5 Å². The van der Waals surface area contributed by atoms with Crippen molar-refractivity contribution >= 4 is 11.5 Å². The zero-order valence-corrected chi connectivity index (χ0v) is 10.2. The SMILES string of the molecule is CNCc1nc(C(=O)OC)c2c(C)cccn12. The summed E-state index contributed by atoms with van der Waals surface area (Å²) in [6, 6.07) is 3.89. The fraction of sp³-hybridized carbons (Fsp3) is 0.333. The molecule has 17 heavy (non-hydrogen) atoms. The average molecular weight is 233 g/mol. The molecule has 0 aliphatic heterocycles. The van der Waals surface area contributed by atoms with Crippen LogP contribution in [0.1, 0.15) is 21.9 Å². The number of pyridine rings is 1. The molecule has 2 aromatic rings.